The molecule has 2 N–H and O–H groups in total. The zero-order chi connectivity index (χ0) is 26.9. The van der Waals surface area contributed by atoms with Crippen molar-refractivity contribution in [3.05, 3.63) is 42.5 Å². The molecule has 5 rings (SSSR count). The number of nitrogens with one attached hydrogen (secondary N) is 1. The SMILES string of the molecule is CCCN1CCC(CN(C(C)=O)c2cc3c(Nc4cccc(O)c4F)ncnc3cc2OC)(C2CC2)CC1. The Morgan fingerprint density at radius 3 is 2.68 bits per heavy atom. The molecule has 9 heteroatoms. The van der Waals surface area contributed by atoms with Crippen molar-refractivity contribution in [2.75, 3.05) is 43.5 Å². The number of amides is 1. The van der Waals surface area contributed by atoms with Crippen LogP contribution in [0.4, 0.5) is 21.6 Å². The van der Waals surface area contributed by atoms with E-state index in [4.69, 9.17) is 4.74 Å². The van der Waals surface area contributed by atoms with Crippen LogP contribution < -0.4 is 15.0 Å². The highest BCUT2D eigenvalue weighted by Gasteiger charge is 2.48. The van der Waals surface area contributed by atoms with Crippen molar-refractivity contribution in [1.82, 2.24) is 14.9 Å². The molecule has 1 aliphatic carbocycles. The number of hydrogen-bond donors (Lipinski definition) is 2. The molecule has 38 heavy (non-hydrogen) atoms. The zero-order valence-electron chi connectivity index (χ0n) is 22.3. The Bertz CT molecular complexity index is 1320. The number of piperidine rings is 1. The van der Waals surface area contributed by atoms with Crippen LogP contribution in [0.2, 0.25) is 0 Å². The van der Waals surface area contributed by atoms with Gasteiger partial charge in [0, 0.05) is 24.9 Å². The molecular weight excluding hydrogens is 485 g/mol. The van der Waals surface area contributed by atoms with Crippen LogP contribution in [-0.4, -0.2) is 59.2 Å². The van der Waals surface area contributed by atoms with Gasteiger partial charge in [-0.2, -0.15) is 0 Å². The van der Waals surface area contributed by atoms with Gasteiger partial charge in [-0.05, 0) is 81.3 Å². The first-order valence-corrected chi connectivity index (χ1v) is 13.4. The van der Waals surface area contributed by atoms with Crippen LogP contribution in [0, 0.1) is 17.2 Å². The fraction of sp³-hybridized carbons (Fsp3) is 0.483. The summed E-state index contributed by atoms with van der Waals surface area (Å²) in [7, 11) is 1.59. The minimum absolute atomic E-state index is 0.0518. The number of benzene rings is 2. The lowest BCUT2D eigenvalue weighted by molar-refractivity contribution is -0.117. The number of ether oxygens (including phenoxy) is 1. The van der Waals surface area contributed by atoms with E-state index in [0.717, 1.165) is 38.9 Å². The van der Waals surface area contributed by atoms with E-state index in [1.54, 1.807) is 26.2 Å². The lowest BCUT2D eigenvalue weighted by Gasteiger charge is -2.45. The third-order valence-corrected chi connectivity index (χ3v) is 8.15. The highest BCUT2D eigenvalue weighted by molar-refractivity contribution is 6.00. The Kier molecular flexibility index (Phi) is 7.38. The second-order valence-electron chi connectivity index (χ2n) is 10.6. The predicted octanol–water partition coefficient (Wildman–Crippen LogP) is 5.48. The first kappa shape index (κ1) is 26.2. The summed E-state index contributed by atoms with van der Waals surface area (Å²) in [5.74, 6) is 0.290. The molecule has 2 heterocycles. The molecule has 1 aliphatic heterocycles. The summed E-state index contributed by atoms with van der Waals surface area (Å²) in [5.41, 5.74) is 1.42. The van der Waals surface area contributed by atoms with Crippen molar-refractivity contribution >= 4 is 34.0 Å². The van der Waals surface area contributed by atoms with Gasteiger partial charge in [-0.15, -0.1) is 0 Å². The number of fused-ring (bicyclic) bond motifs is 1. The number of anilines is 3. The molecule has 0 atom stereocenters. The van der Waals surface area contributed by atoms with Gasteiger partial charge in [0.25, 0.3) is 0 Å². The molecule has 202 valence electrons. The second-order valence-corrected chi connectivity index (χ2v) is 10.6. The lowest BCUT2D eigenvalue weighted by atomic mass is 9.73. The van der Waals surface area contributed by atoms with Crippen molar-refractivity contribution in [1.29, 1.82) is 0 Å². The number of carbonyl (C=O) groups excluding carboxylic acids is 1. The molecule has 3 aromatic rings. The predicted molar refractivity (Wildman–Crippen MR) is 147 cm³/mol. The zero-order valence-corrected chi connectivity index (χ0v) is 22.3. The largest absolute Gasteiger partial charge is 0.505 e. The number of carbonyl (C=O) groups is 1. The van der Waals surface area contributed by atoms with Crippen LogP contribution in [0.1, 0.15) is 46.0 Å². The molecule has 2 fully saturated rings. The maximum atomic E-state index is 14.5. The summed E-state index contributed by atoms with van der Waals surface area (Å²) in [6, 6.07) is 8.01. The maximum Gasteiger partial charge on any atom is 0.223 e. The number of phenolic OH excluding ortho intramolecular Hbond substituents is 1. The molecule has 1 amide bonds. The summed E-state index contributed by atoms with van der Waals surface area (Å²) in [5, 5.41) is 13.4. The summed E-state index contributed by atoms with van der Waals surface area (Å²) >= 11 is 0. The van der Waals surface area contributed by atoms with Crippen LogP contribution in [0.25, 0.3) is 10.9 Å². The van der Waals surface area contributed by atoms with Gasteiger partial charge in [0.15, 0.2) is 11.6 Å². The smallest absolute Gasteiger partial charge is 0.223 e. The third-order valence-electron chi connectivity index (χ3n) is 8.15. The van der Waals surface area contributed by atoms with E-state index in [-0.39, 0.29) is 17.0 Å². The van der Waals surface area contributed by atoms with Gasteiger partial charge in [0.05, 0.1) is 24.0 Å². The fourth-order valence-corrected chi connectivity index (χ4v) is 5.90. The Labute approximate surface area is 222 Å². The first-order chi connectivity index (χ1) is 18.3. The van der Waals surface area contributed by atoms with Gasteiger partial charge in [-0.25, -0.2) is 14.4 Å². The maximum absolute atomic E-state index is 14.5. The van der Waals surface area contributed by atoms with Gasteiger partial charge in [-0.3, -0.25) is 4.79 Å². The standard InChI is InChI=1S/C29H36FN5O3/c1-4-12-34-13-10-29(11-14-34,20-8-9-20)17-35(19(2)36)24-15-21-23(16-26(24)38-3)31-18-32-28(21)33-22-6-5-7-25(37)27(22)30/h5-7,15-16,18,20,37H,4,8-14,17H2,1-3H3,(H,31,32,33). The highest BCUT2D eigenvalue weighted by atomic mass is 19.1. The summed E-state index contributed by atoms with van der Waals surface area (Å²) in [4.78, 5) is 26.3. The van der Waals surface area contributed by atoms with Crippen molar-refractivity contribution in [2.24, 2.45) is 11.3 Å². The molecule has 0 spiro atoms. The van der Waals surface area contributed by atoms with Gasteiger partial charge >= 0.3 is 0 Å². The Balaban J connectivity index is 1.52. The van der Waals surface area contributed by atoms with E-state index in [2.05, 4.69) is 27.1 Å². The van der Waals surface area contributed by atoms with E-state index < -0.39 is 11.6 Å². The minimum Gasteiger partial charge on any atom is -0.505 e. The van der Waals surface area contributed by atoms with E-state index in [1.807, 2.05) is 11.0 Å². The molecule has 1 saturated heterocycles. The number of likely N-dealkylation sites (tertiary alicyclic amines) is 1. The van der Waals surface area contributed by atoms with Gasteiger partial charge < -0.3 is 25.0 Å². The van der Waals surface area contributed by atoms with Crippen LogP contribution in [0.15, 0.2) is 36.7 Å². The van der Waals surface area contributed by atoms with E-state index >= 15 is 0 Å². The Morgan fingerprint density at radius 2 is 2.03 bits per heavy atom. The molecule has 0 bridgehead atoms. The van der Waals surface area contributed by atoms with Crippen LogP contribution in [0.3, 0.4) is 0 Å². The normalized spacial score (nSPS) is 17.4. The number of aromatic hydroxyl groups is 1. The highest BCUT2D eigenvalue weighted by Crippen LogP contribution is 2.53. The molecule has 2 aliphatic rings. The summed E-state index contributed by atoms with van der Waals surface area (Å²) in [6.45, 7) is 7.68. The molecule has 0 radical (unpaired) electrons. The van der Waals surface area contributed by atoms with Crippen LogP contribution in [-0.2, 0) is 4.79 Å². The van der Waals surface area contributed by atoms with Crippen LogP contribution >= 0.6 is 0 Å². The van der Waals surface area contributed by atoms with Crippen molar-refractivity contribution in [3.63, 3.8) is 0 Å². The van der Waals surface area contributed by atoms with Gasteiger partial charge in [0.1, 0.15) is 17.9 Å². The number of aromatic nitrogens is 2. The molecular formula is C29H36FN5O3. The number of nitrogens with zero attached hydrogens (tertiary/aromatic N) is 4. The number of rotatable bonds is 9. The number of phenols is 1. The molecule has 2 aromatic carbocycles. The summed E-state index contributed by atoms with van der Waals surface area (Å²) < 4.78 is 20.3. The molecule has 8 nitrogen and oxygen atoms in total. The average Bonchev–Trinajstić information content (AvgIpc) is 3.77. The number of halogens is 1. The van der Waals surface area contributed by atoms with Gasteiger partial charge in [-0.1, -0.05) is 13.0 Å². The second kappa shape index (κ2) is 10.7. The van der Waals surface area contributed by atoms with E-state index in [1.165, 1.54) is 31.3 Å². The average molecular weight is 522 g/mol. The lowest BCUT2D eigenvalue weighted by Crippen LogP contribution is -2.49. The van der Waals surface area contributed by atoms with Gasteiger partial charge in [0.2, 0.25) is 5.91 Å². The summed E-state index contributed by atoms with van der Waals surface area (Å²) in [6.07, 6.45) is 7.11. The molecule has 1 saturated carbocycles. The van der Waals surface area contributed by atoms with Crippen molar-refractivity contribution in [3.8, 4) is 11.5 Å². The minimum atomic E-state index is -0.765. The Morgan fingerprint density at radius 1 is 1.26 bits per heavy atom. The number of methoxy groups -OCH3 is 1. The van der Waals surface area contributed by atoms with Crippen molar-refractivity contribution < 1.29 is 19.0 Å². The Hall–Kier alpha value is -3.46. The topological polar surface area (TPSA) is 90.8 Å². The third kappa shape index (κ3) is 5.12. The van der Waals surface area contributed by atoms with Crippen molar-refractivity contribution in [2.45, 2.75) is 46.0 Å². The molecule has 0 unspecified atom stereocenters. The number of hydrogen-bond acceptors (Lipinski definition) is 7. The molecule has 1 aromatic heterocycles. The fourth-order valence-electron chi connectivity index (χ4n) is 5.90. The quantitative estimate of drug-likeness (QED) is 0.385. The van der Waals surface area contributed by atoms with E-state index in [9.17, 15) is 14.3 Å². The van der Waals surface area contributed by atoms with E-state index in [0.29, 0.717) is 40.6 Å². The monoisotopic (exact) mass is 521 g/mol. The first-order valence-electron chi connectivity index (χ1n) is 13.4. The van der Waals surface area contributed by atoms with Crippen LogP contribution in [0.5, 0.6) is 11.5 Å².